The van der Waals surface area contributed by atoms with Gasteiger partial charge in [0.25, 0.3) is 0 Å². The lowest BCUT2D eigenvalue weighted by Gasteiger charge is -2.21. The minimum atomic E-state index is -4.95. The van der Waals surface area contributed by atoms with Crippen LogP contribution in [0.5, 0.6) is 0 Å². The maximum Gasteiger partial charge on any atom is 0.472 e. The Hall–Kier alpha value is -1.94. The lowest BCUT2D eigenvalue weighted by molar-refractivity contribution is -0.161. The lowest BCUT2D eigenvalue weighted by Crippen LogP contribution is -2.30. The van der Waals surface area contributed by atoms with Crippen molar-refractivity contribution in [3.63, 3.8) is 0 Å². The second kappa shape index (κ2) is 64.4. The maximum absolute atomic E-state index is 13.0. The van der Waals surface area contributed by atoms with Crippen molar-refractivity contribution < 1.29 is 80.2 Å². The lowest BCUT2D eigenvalue weighted by atomic mass is 10.0. The second-order valence-electron chi connectivity index (χ2n) is 26.1. The molecule has 0 radical (unpaired) electrons. The van der Waals surface area contributed by atoms with Gasteiger partial charge < -0.3 is 33.8 Å². The van der Waals surface area contributed by atoms with Crippen molar-refractivity contribution >= 4 is 39.5 Å². The number of rotatable bonds is 71. The van der Waals surface area contributed by atoms with Gasteiger partial charge in [0.2, 0.25) is 0 Å². The summed E-state index contributed by atoms with van der Waals surface area (Å²) >= 11 is 0. The van der Waals surface area contributed by atoms with E-state index in [0.717, 1.165) is 95.8 Å². The highest BCUT2D eigenvalue weighted by Gasteiger charge is 2.30. The van der Waals surface area contributed by atoms with Gasteiger partial charge >= 0.3 is 39.5 Å². The molecule has 0 rings (SSSR count). The average molecular weight is 1330 g/mol. The Balaban J connectivity index is 5.21. The Bertz CT molecular complexity index is 1740. The van der Waals surface area contributed by atoms with Crippen molar-refractivity contribution in [2.45, 2.75) is 387 Å². The van der Waals surface area contributed by atoms with Crippen LogP contribution < -0.4 is 0 Å². The van der Waals surface area contributed by atoms with Gasteiger partial charge in [-0.1, -0.05) is 317 Å². The first-order chi connectivity index (χ1) is 43.5. The first-order valence-corrected chi connectivity index (χ1v) is 40.1. The largest absolute Gasteiger partial charge is 0.472 e. The molecule has 17 nitrogen and oxygen atoms in total. The number of phosphoric ester groups is 2. The number of carbonyl (C=O) groups is 4. The van der Waals surface area contributed by atoms with Crippen LogP contribution in [0.3, 0.4) is 0 Å². The van der Waals surface area contributed by atoms with Gasteiger partial charge in [-0.15, -0.1) is 0 Å². The van der Waals surface area contributed by atoms with Gasteiger partial charge in [0.15, 0.2) is 12.2 Å². The predicted molar refractivity (Wildman–Crippen MR) is 363 cm³/mol. The Morgan fingerprint density at radius 2 is 0.511 bits per heavy atom. The molecule has 2 unspecified atom stereocenters. The van der Waals surface area contributed by atoms with Crippen LogP contribution in [0, 0.1) is 5.92 Å². The molecule has 0 aliphatic heterocycles. The van der Waals surface area contributed by atoms with Crippen LogP contribution in [0.15, 0.2) is 0 Å². The number of carbonyl (C=O) groups excluding carboxylic acids is 4. The normalized spacial score (nSPS) is 14.1. The second-order valence-corrected chi connectivity index (χ2v) is 29.0. The van der Waals surface area contributed by atoms with Crippen LogP contribution in [-0.4, -0.2) is 96.7 Å². The summed E-state index contributed by atoms with van der Waals surface area (Å²) < 4.78 is 68.3. The molecular weight excluding hydrogens is 1190 g/mol. The van der Waals surface area contributed by atoms with Gasteiger partial charge in [-0.05, 0) is 31.6 Å². The molecule has 0 aromatic heterocycles. The van der Waals surface area contributed by atoms with Crippen molar-refractivity contribution in [1.82, 2.24) is 0 Å². The third kappa shape index (κ3) is 64.8. The fraction of sp³-hybridized carbons (Fsp3) is 0.944. The van der Waals surface area contributed by atoms with Gasteiger partial charge in [-0.25, -0.2) is 9.13 Å². The molecule has 0 aliphatic carbocycles. The summed E-state index contributed by atoms with van der Waals surface area (Å²) in [5.74, 6) is -1.36. The fourth-order valence-corrected chi connectivity index (χ4v) is 12.4. The van der Waals surface area contributed by atoms with E-state index in [4.69, 9.17) is 37.0 Å². The highest BCUT2D eigenvalue weighted by atomic mass is 31.2. The third-order valence-corrected chi connectivity index (χ3v) is 18.4. The number of hydrogen-bond donors (Lipinski definition) is 3. The number of aliphatic hydroxyl groups excluding tert-OH is 1. The van der Waals surface area contributed by atoms with Gasteiger partial charge in [-0.3, -0.25) is 37.3 Å². The van der Waals surface area contributed by atoms with Crippen molar-refractivity contribution in [1.29, 1.82) is 0 Å². The van der Waals surface area contributed by atoms with E-state index in [2.05, 4.69) is 34.6 Å². The molecule has 0 heterocycles. The molecule has 0 aliphatic rings. The van der Waals surface area contributed by atoms with Crippen LogP contribution in [0.4, 0.5) is 0 Å². The number of aliphatic hydroxyl groups is 1. The molecule has 0 bridgehead atoms. The van der Waals surface area contributed by atoms with E-state index in [1.165, 1.54) is 193 Å². The molecule has 0 aromatic carbocycles. The van der Waals surface area contributed by atoms with Crippen molar-refractivity contribution in [3.05, 3.63) is 0 Å². The molecule has 0 saturated carbocycles. The number of esters is 4. The molecule has 90 heavy (non-hydrogen) atoms. The highest BCUT2D eigenvalue weighted by molar-refractivity contribution is 7.47. The quantitative estimate of drug-likeness (QED) is 0.0222. The van der Waals surface area contributed by atoms with Crippen LogP contribution >= 0.6 is 15.6 Å². The summed E-state index contributed by atoms with van der Waals surface area (Å²) in [6, 6.07) is 0. The van der Waals surface area contributed by atoms with E-state index in [9.17, 15) is 43.2 Å². The molecular formula is C71H138O17P2. The van der Waals surface area contributed by atoms with Crippen LogP contribution in [0.1, 0.15) is 369 Å². The summed E-state index contributed by atoms with van der Waals surface area (Å²) in [7, 11) is -9.90. The molecule has 5 atom stereocenters. The topological polar surface area (TPSA) is 237 Å². The number of phosphoric acid groups is 2. The SMILES string of the molecule is CCCCCCCCCCCCCCCCCCCCC(=O)O[C@H](COC(=O)CCCCCCCCCCCCC(C)C)COP(=O)(O)OC[C@@H](O)COP(=O)(O)OC[C@@H](COC(=O)CCCCCCCCCCC)OC(=O)CCCCCCCCCCCC. The van der Waals surface area contributed by atoms with Crippen molar-refractivity contribution in [2.75, 3.05) is 39.6 Å². The first-order valence-electron chi connectivity index (χ1n) is 37.1. The van der Waals surface area contributed by atoms with Gasteiger partial charge in [0, 0.05) is 25.7 Å². The molecule has 0 fully saturated rings. The molecule has 0 spiro atoms. The highest BCUT2D eigenvalue weighted by Crippen LogP contribution is 2.45. The Morgan fingerprint density at radius 1 is 0.300 bits per heavy atom. The zero-order valence-corrected chi connectivity index (χ0v) is 60.1. The van der Waals surface area contributed by atoms with E-state index >= 15 is 0 Å². The number of unbranched alkanes of at least 4 members (excludes halogenated alkanes) is 43. The minimum Gasteiger partial charge on any atom is -0.462 e. The molecule has 0 amide bonds. The van der Waals surface area contributed by atoms with E-state index in [-0.39, 0.29) is 25.7 Å². The monoisotopic (exact) mass is 1320 g/mol. The Kier molecular flexibility index (Phi) is 63.0. The Morgan fingerprint density at radius 3 is 0.756 bits per heavy atom. The third-order valence-electron chi connectivity index (χ3n) is 16.5. The number of hydrogen-bond acceptors (Lipinski definition) is 15. The van der Waals surface area contributed by atoms with Crippen LogP contribution in [0.25, 0.3) is 0 Å². The predicted octanol–water partition coefficient (Wildman–Crippen LogP) is 20.5. The Labute approximate surface area is 549 Å². The first kappa shape index (κ1) is 88.1. The standard InChI is InChI=1S/C71H138O17P2/c1-6-9-12-15-18-21-23-24-25-26-27-28-29-30-37-42-47-52-57-71(76)88-67(61-82-69(74)55-50-45-40-36-32-31-34-38-43-48-53-64(4)5)63-86-90(79,80)84-59-65(72)58-83-89(77,78)85-62-66(60-81-68(73)54-49-44-39-33-20-17-14-11-8-3)87-70(75)56-51-46-41-35-22-19-16-13-10-7-2/h64-67,72H,6-63H2,1-5H3,(H,77,78)(H,79,80)/t65-,66+,67+/m0/s1. The molecule has 534 valence electrons. The summed E-state index contributed by atoms with van der Waals surface area (Å²) in [4.78, 5) is 72.5. The van der Waals surface area contributed by atoms with E-state index in [1.807, 2.05) is 0 Å². The van der Waals surface area contributed by atoms with E-state index < -0.39 is 97.5 Å². The smallest absolute Gasteiger partial charge is 0.462 e. The summed E-state index contributed by atoms with van der Waals surface area (Å²) in [5, 5.41) is 10.6. The fourth-order valence-electron chi connectivity index (χ4n) is 10.8. The maximum atomic E-state index is 13.0. The summed E-state index contributed by atoms with van der Waals surface area (Å²) in [6.07, 6.45) is 51.3. The minimum absolute atomic E-state index is 0.107. The molecule has 0 aromatic rings. The molecule has 3 N–H and O–H groups in total. The van der Waals surface area contributed by atoms with Crippen molar-refractivity contribution in [2.24, 2.45) is 5.92 Å². The van der Waals surface area contributed by atoms with Gasteiger partial charge in [0.05, 0.1) is 26.4 Å². The van der Waals surface area contributed by atoms with Gasteiger partial charge in [-0.2, -0.15) is 0 Å². The summed E-state index contributed by atoms with van der Waals surface area (Å²) in [6.45, 7) is 7.23. The molecule has 19 heteroatoms. The summed E-state index contributed by atoms with van der Waals surface area (Å²) in [5.41, 5.74) is 0. The average Bonchev–Trinajstić information content (AvgIpc) is 3.72. The molecule has 0 saturated heterocycles. The van der Waals surface area contributed by atoms with Gasteiger partial charge in [0.1, 0.15) is 19.3 Å². The zero-order chi connectivity index (χ0) is 66.3. The van der Waals surface area contributed by atoms with Crippen LogP contribution in [0.2, 0.25) is 0 Å². The van der Waals surface area contributed by atoms with E-state index in [0.29, 0.717) is 25.7 Å². The van der Waals surface area contributed by atoms with E-state index in [1.54, 1.807) is 0 Å². The van der Waals surface area contributed by atoms with Crippen molar-refractivity contribution in [3.8, 4) is 0 Å². The zero-order valence-electron chi connectivity index (χ0n) is 58.3. The van der Waals surface area contributed by atoms with Crippen LogP contribution in [-0.2, 0) is 65.4 Å². The number of ether oxygens (including phenoxy) is 4.